The molecule has 0 bridgehead atoms. The van der Waals surface area contributed by atoms with Gasteiger partial charge in [-0.2, -0.15) is 0 Å². The fraction of sp³-hybridized carbons (Fsp3) is 0. The Hall–Kier alpha value is -3.60. The van der Waals surface area contributed by atoms with Gasteiger partial charge in [0.2, 0.25) is 0 Å². The molecular weight excluding hydrogens is 248 g/mol. The van der Waals surface area contributed by atoms with Crippen molar-refractivity contribution in [3.63, 3.8) is 0 Å². The summed E-state index contributed by atoms with van der Waals surface area (Å²) in [5, 5.41) is 18.1. The van der Waals surface area contributed by atoms with Crippen molar-refractivity contribution in [3.05, 3.63) is 81.8 Å². The summed E-state index contributed by atoms with van der Waals surface area (Å²) in [5.41, 5.74) is 2.35. The van der Waals surface area contributed by atoms with E-state index in [0.29, 0.717) is 27.8 Å². The third-order valence-electron chi connectivity index (χ3n) is 2.98. The number of nitrogens with zero attached hydrogens (tertiary/aromatic N) is 4. The van der Waals surface area contributed by atoms with Gasteiger partial charge in [-0.25, -0.2) is 20.2 Å². The zero-order valence-electron chi connectivity index (χ0n) is 10.3. The molecule has 0 saturated carbocycles. The fourth-order valence-electron chi connectivity index (χ4n) is 2.18. The van der Waals surface area contributed by atoms with Crippen LogP contribution in [0.5, 0.6) is 0 Å². The molecule has 4 nitrogen and oxygen atoms in total. The lowest BCUT2D eigenvalue weighted by atomic mass is 10.0. The van der Waals surface area contributed by atoms with Crippen LogP contribution in [0, 0.1) is 35.8 Å². The smallest absolute Gasteiger partial charge is 0.226 e. The van der Waals surface area contributed by atoms with Crippen molar-refractivity contribution in [3.8, 4) is 12.1 Å². The molecule has 0 spiro atoms. The highest BCUT2D eigenvalue weighted by atomic mass is 14.7. The van der Waals surface area contributed by atoms with E-state index in [9.17, 15) is 0 Å². The number of allylic oxidation sites excluding steroid dienone is 5. The van der Waals surface area contributed by atoms with Gasteiger partial charge in [0.15, 0.2) is 0 Å². The Kier molecular flexibility index (Phi) is 3.18. The van der Waals surface area contributed by atoms with Gasteiger partial charge < -0.3 is 0 Å². The van der Waals surface area contributed by atoms with E-state index in [1.165, 1.54) is 0 Å². The predicted molar refractivity (Wildman–Crippen MR) is 73.9 cm³/mol. The summed E-state index contributed by atoms with van der Waals surface area (Å²) in [5.74, 6) is 0. The van der Waals surface area contributed by atoms with Crippen LogP contribution in [-0.2, 0) is 0 Å². The van der Waals surface area contributed by atoms with Gasteiger partial charge in [0.25, 0.3) is 11.4 Å². The molecule has 90 valence electrons. The Morgan fingerprint density at radius 1 is 0.950 bits per heavy atom. The van der Waals surface area contributed by atoms with Gasteiger partial charge in [-0.05, 0) is 16.7 Å². The quantitative estimate of drug-likeness (QED) is 0.525. The molecule has 2 rings (SSSR count). The normalized spacial score (nSPS) is 17.1. The lowest BCUT2D eigenvalue weighted by Crippen LogP contribution is -1.85. The first kappa shape index (κ1) is 12.8. The summed E-state index contributed by atoms with van der Waals surface area (Å²) in [4.78, 5) is 6.42. The highest BCUT2D eigenvalue weighted by Gasteiger charge is 2.29. The molecule has 0 radical (unpaired) electrons. The van der Waals surface area contributed by atoms with E-state index in [2.05, 4.69) is 16.3 Å². The van der Waals surface area contributed by atoms with Crippen LogP contribution in [-0.4, -0.2) is 0 Å². The predicted octanol–water partition coefficient (Wildman–Crippen LogP) is 3.56. The van der Waals surface area contributed by atoms with Crippen molar-refractivity contribution in [2.75, 3.05) is 0 Å². The molecule has 1 aliphatic rings. The Morgan fingerprint density at radius 3 is 1.65 bits per heavy atom. The summed E-state index contributed by atoms with van der Waals surface area (Å²) in [7, 11) is 0. The van der Waals surface area contributed by atoms with Crippen molar-refractivity contribution in [2.24, 2.45) is 0 Å². The molecule has 1 aliphatic carbocycles. The fourth-order valence-corrected chi connectivity index (χ4v) is 2.18. The molecule has 0 heterocycles. The van der Waals surface area contributed by atoms with Crippen LogP contribution in [0.1, 0.15) is 11.1 Å². The summed E-state index contributed by atoms with van der Waals surface area (Å²) >= 11 is 0. The van der Waals surface area contributed by atoms with E-state index < -0.39 is 0 Å². The van der Waals surface area contributed by atoms with Crippen LogP contribution in [0.4, 0.5) is 0 Å². The van der Waals surface area contributed by atoms with Gasteiger partial charge in [0, 0.05) is 11.1 Å². The third-order valence-corrected chi connectivity index (χ3v) is 2.98. The summed E-state index contributed by atoms with van der Waals surface area (Å²) < 4.78 is 0. The zero-order valence-corrected chi connectivity index (χ0v) is 10.3. The van der Waals surface area contributed by atoms with E-state index in [4.69, 9.17) is 23.7 Å². The largest absolute Gasteiger partial charge is 0.270 e. The Bertz CT molecular complexity index is 752. The van der Waals surface area contributed by atoms with Gasteiger partial charge in [-0.1, -0.05) is 30.8 Å². The number of nitriles is 2. The average molecular weight is 254 g/mol. The molecule has 1 aromatic rings. The van der Waals surface area contributed by atoms with Crippen LogP contribution in [0.25, 0.3) is 20.8 Å². The van der Waals surface area contributed by atoms with E-state index in [0.717, 1.165) is 0 Å². The Balaban J connectivity index is 2.96. The first-order valence-electron chi connectivity index (χ1n) is 5.52. The molecule has 0 atom stereocenters. The van der Waals surface area contributed by atoms with Gasteiger partial charge in [0.05, 0.1) is 25.3 Å². The first-order valence-corrected chi connectivity index (χ1v) is 5.52. The van der Waals surface area contributed by atoms with E-state index >= 15 is 0 Å². The molecule has 0 unspecified atom stereocenters. The zero-order chi connectivity index (χ0) is 14.7. The molecule has 0 amide bonds. The lowest BCUT2D eigenvalue weighted by molar-refractivity contribution is 1.49. The second-order valence-electron chi connectivity index (χ2n) is 3.92. The number of fused-ring (bicyclic) bond motifs is 1. The summed E-state index contributed by atoms with van der Waals surface area (Å²) in [6.45, 7) is 18.0. The maximum atomic E-state index is 9.06. The maximum absolute atomic E-state index is 9.06. The highest BCUT2D eigenvalue weighted by molar-refractivity contribution is 6.11. The van der Waals surface area contributed by atoms with Crippen molar-refractivity contribution in [1.82, 2.24) is 0 Å². The third kappa shape index (κ3) is 1.67. The number of hydrogen-bond donors (Lipinski definition) is 0. The average Bonchev–Trinajstić information content (AvgIpc) is 2.76. The summed E-state index contributed by atoms with van der Waals surface area (Å²) in [6, 6.07) is 10.7. The van der Waals surface area contributed by atoms with Crippen LogP contribution in [0.2, 0.25) is 0 Å². The molecule has 20 heavy (non-hydrogen) atoms. The van der Waals surface area contributed by atoms with E-state index in [1.54, 1.807) is 24.3 Å². The van der Waals surface area contributed by atoms with Gasteiger partial charge in [-0.3, -0.25) is 0 Å². The topological polar surface area (TPSA) is 56.3 Å². The Labute approximate surface area is 116 Å². The maximum Gasteiger partial charge on any atom is 0.270 e. The standard InChI is InChI=1S/C16H6N4/c1-10-15(13(8-17)19-2)11-6-4-5-7-12(11)16(10)14(9-18)20-3/h4-7H,1H2/b15-13+,16-14+. The van der Waals surface area contributed by atoms with Crippen LogP contribution in [0.15, 0.2) is 47.8 Å². The molecule has 0 aromatic heterocycles. The van der Waals surface area contributed by atoms with Crippen molar-refractivity contribution >= 4 is 11.1 Å². The first-order chi connectivity index (χ1) is 9.69. The minimum absolute atomic E-state index is 0.0836. The number of rotatable bonds is 0. The second kappa shape index (κ2) is 4.95. The molecule has 0 aliphatic heterocycles. The molecule has 0 N–H and O–H groups in total. The van der Waals surface area contributed by atoms with Gasteiger partial charge >= 0.3 is 0 Å². The van der Waals surface area contributed by atoms with Crippen molar-refractivity contribution in [1.29, 1.82) is 10.5 Å². The summed E-state index contributed by atoms with van der Waals surface area (Å²) in [6.07, 6.45) is 0. The van der Waals surface area contributed by atoms with Gasteiger partial charge in [-0.15, -0.1) is 0 Å². The molecule has 1 aromatic carbocycles. The molecule has 0 saturated heterocycles. The monoisotopic (exact) mass is 254 g/mol. The minimum Gasteiger partial charge on any atom is -0.226 e. The molecular formula is C16H6N4. The highest BCUT2D eigenvalue weighted by Crippen LogP contribution is 2.47. The van der Waals surface area contributed by atoms with Crippen molar-refractivity contribution in [2.45, 2.75) is 0 Å². The Morgan fingerprint density at radius 2 is 1.35 bits per heavy atom. The second-order valence-corrected chi connectivity index (χ2v) is 3.92. The SMILES string of the molecule is [C-]#[N+]/C(C#N)=C1\C(=C)/C(=C(/C#N)[N+]#[C-])c2ccccc21. The van der Waals surface area contributed by atoms with Crippen LogP contribution >= 0.6 is 0 Å². The minimum atomic E-state index is -0.0836. The van der Waals surface area contributed by atoms with Crippen molar-refractivity contribution < 1.29 is 0 Å². The van der Waals surface area contributed by atoms with Gasteiger partial charge in [0.1, 0.15) is 0 Å². The molecule has 0 fully saturated rings. The van der Waals surface area contributed by atoms with E-state index in [1.807, 2.05) is 12.1 Å². The molecule has 4 heteroatoms. The van der Waals surface area contributed by atoms with E-state index in [-0.39, 0.29) is 11.4 Å². The lowest BCUT2D eigenvalue weighted by Gasteiger charge is -2.01. The number of benzene rings is 1. The number of hydrogen-bond acceptors (Lipinski definition) is 2. The van der Waals surface area contributed by atoms with Crippen LogP contribution < -0.4 is 0 Å². The van der Waals surface area contributed by atoms with Crippen LogP contribution in [0.3, 0.4) is 0 Å².